The molecule has 0 spiro atoms. The van der Waals surface area contributed by atoms with Gasteiger partial charge < -0.3 is 20.5 Å². The molecule has 0 aromatic heterocycles. The Morgan fingerprint density at radius 2 is 2.21 bits per heavy atom. The third-order valence-electron chi connectivity index (χ3n) is 3.40. The summed E-state index contributed by atoms with van der Waals surface area (Å²) in [5, 5.41) is 15.9. The topological polar surface area (TPSA) is 53.5 Å². The second-order valence-electron chi connectivity index (χ2n) is 5.18. The van der Waals surface area contributed by atoms with Gasteiger partial charge in [0.2, 0.25) is 0 Å². The van der Waals surface area contributed by atoms with Crippen LogP contribution in [0, 0.1) is 0 Å². The van der Waals surface area contributed by atoms with Crippen molar-refractivity contribution in [2.45, 2.75) is 31.8 Å². The zero-order valence-electron chi connectivity index (χ0n) is 11.6. The Bertz CT molecular complexity index is 361. The molecule has 1 aliphatic heterocycles. The smallest absolute Gasteiger partial charge is 0.0621 e. The van der Waals surface area contributed by atoms with Crippen LogP contribution in [0.25, 0.3) is 0 Å². The molecule has 1 heterocycles. The van der Waals surface area contributed by atoms with E-state index in [9.17, 15) is 0 Å². The van der Waals surface area contributed by atoms with Crippen LogP contribution >= 0.6 is 0 Å². The number of benzene rings is 1. The van der Waals surface area contributed by atoms with Gasteiger partial charge in [-0.15, -0.1) is 0 Å². The van der Waals surface area contributed by atoms with Crippen LogP contribution in [0.3, 0.4) is 0 Å². The highest BCUT2D eigenvalue weighted by Crippen LogP contribution is 2.13. The van der Waals surface area contributed by atoms with Crippen LogP contribution in [0.1, 0.15) is 18.9 Å². The first-order chi connectivity index (χ1) is 9.28. The average Bonchev–Trinajstić information content (AvgIpc) is 2.42. The molecule has 0 amide bonds. The van der Waals surface area contributed by atoms with Crippen LogP contribution in [-0.4, -0.2) is 43.6 Å². The van der Waals surface area contributed by atoms with E-state index in [0.29, 0.717) is 12.1 Å². The molecule has 1 aromatic rings. The van der Waals surface area contributed by atoms with Crippen molar-refractivity contribution in [3.63, 3.8) is 0 Å². The number of aliphatic hydroxyl groups excluding tert-OH is 1. The van der Waals surface area contributed by atoms with Gasteiger partial charge in [0.1, 0.15) is 0 Å². The molecule has 1 fully saturated rings. The number of aliphatic hydroxyl groups is 1. The molecule has 4 heteroatoms. The molecule has 3 N–H and O–H groups in total. The molecule has 0 bridgehead atoms. The number of nitrogens with one attached hydrogen (secondary N) is 2. The molecule has 4 nitrogen and oxygen atoms in total. The summed E-state index contributed by atoms with van der Waals surface area (Å²) in [4.78, 5) is 0. The summed E-state index contributed by atoms with van der Waals surface area (Å²) >= 11 is 0. The SMILES string of the molecule is CC(CC1COCCN1)Nc1ccc(CCO)cc1. The summed E-state index contributed by atoms with van der Waals surface area (Å²) < 4.78 is 5.46. The minimum Gasteiger partial charge on any atom is -0.396 e. The molecular weight excluding hydrogens is 240 g/mol. The van der Waals surface area contributed by atoms with Gasteiger partial charge in [-0.1, -0.05) is 12.1 Å². The lowest BCUT2D eigenvalue weighted by Crippen LogP contribution is -2.43. The number of hydrogen-bond acceptors (Lipinski definition) is 4. The predicted molar refractivity (Wildman–Crippen MR) is 77.5 cm³/mol. The number of rotatable bonds is 6. The highest BCUT2D eigenvalue weighted by Gasteiger charge is 2.15. The van der Waals surface area contributed by atoms with Crippen LogP contribution in [-0.2, 0) is 11.2 Å². The number of anilines is 1. The van der Waals surface area contributed by atoms with Gasteiger partial charge in [0.15, 0.2) is 0 Å². The standard InChI is InChI=1S/C15H24N2O2/c1-12(10-15-11-19-9-7-16-15)17-14-4-2-13(3-5-14)6-8-18/h2-5,12,15-18H,6-11H2,1H3. The van der Waals surface area contributed by atoms with Crippen molar-refractivity contribution in [1.82, 2.24) is 5.32 Å². The Hall–Kier alpha value is -1.10. The largest absolute Gasteiger partial charge is 0.396 e. The van der Waals surface area contributed by atoms with Crippen LogP contribution in [0.5, 0.6) is 0 Å². The lowest BCUT2D eigenvalue weighted by Gasteiger charge is -2.27. The zero-order valence-corrected chi connectivity index (χ0v) is 11.6. The minimum absolute atomic E-state index is 0.205. The van der Waals surface area contributed by atoms with E-state index in [1.165, 1.54) is 5.56 Å². The van der Waals surface area contributed by atoms with Crippen molar-refractivity contribution >= 4 is 5.69 Å². The summed E-state index contributed by atoms with van der Waals surface area (Å²) in [6, 6.07) is 9.13. The monoisotopic (exact) mass is 264 g/mol. The number of morpholine rings is 1. The summed E-state index contributed by atoms with van der Waals surface area (Å²) in [6.45, 7) is 4.98. The van der Waals surface area contributed by atoms with Gasteiger partial charge in [0.25, 0.3) is 0 Å². The normalized spacial score (nSPS) is 21.1. The summed E-state index contributed by atoms with van der Waals surface area (Å²) in [5.74, 6) is 0. The molecule has 1 saturated heterocycles. The maximum absolute atomic E-state index is 8.88. The van der Waals surface area contributed by atoms with Gasteiger partial charge in [-0.2, -0.15) is 0 Å². The van der Waals surface area contributed by atoms with Gasteiger partial charge in [-0.3, -0.25) is 0 Å². The summed E-state index contributed by atoms with van der Waals surface area (Å²) in [7, 11) is 0. The summed E-state index contributed by atoms with van der Waals surface area (Å²) in [5.41, 5.74) is 2.30. The molecule has 0 aliphatic carbocycles. The molecule has 2 atom stereocenters. The second-order valence-corrected chi connectivity index (χ2v) is 5.18. The van der Waals surface area contributed by atoms with E-state index in [4.69, 9.17) is 9.84 Å². The average molecular weight is 264 g/mol. The fraction of sp³-hybridized carbons (Fsp3) is 0.600. The Morgan fingerprint density at radius 3 is 2.84 bits per heavy atom. The van der Waals surface area contributed by atoms with Gasteiger partial charge in [0, 0.05) is 30.9 Å². The van der Waals surface area contributed by atoms with Crippen LogP contribution in [0.2, 0.25) is 0 Å². The lowest BCUT2D eigenvalue weighted by molar-refractivity contribution is 0.0731. The highest BCUT2D eigenvalue weighted by molar-refractivity contribution is 5.45. The summed E-state index contributed by atoms with van der Waals surface area (Å²) in [6.07, 6.45) is 1.78. The molecule has 2 unspecified atom stereocenters. The second kappa shape index (κ2) is 7.48. The first-order valence-corrected chi connectivity index (χ1v) is 7.05. The van der Waals surface area contributed by atoms with E-state index in [0.717, 1.165) is 38.3 Å². The van der Waals surface area contributed by atoms with Crippen molar-refractivity contribution < 1.29 is 9.84 Å². The van der Waals surface area contributed by atoms with Gasteiger partial charge in [-0.05, 0) is 37.5 Å². The molecular formula is C15H24N2O2. The van der Waals surface area contributed by atoms with Crippen molar-refractivity contribution in [1.29, 1.82) is 0 Å². The minimum atomic E-state index is 0.205. The Balaban J connectivity index is 1.78. The Kier molecular flexibility index (Phi) is 5.63. The van der Waals surface area contributed by atoms with Crippen LogP contribution in [0.4, 0.5) is 5.69 Å². The van der Waals surface area contributed by atoms with E-state index >= 15 is 0 Å². The fourth-order valence-corrected chi connectivity index (χ4v) is 2.44. The van der Waals surface area contributed by atoms with E-state index in [1.807, 2.05) is 0 Å². The quantitative estimate of drug-likeness (QED) is 0.727. The number of hydrogen-bond donors (Lipinski definition) is 3. The fourth-order valence-electron chi connectivity index (χ4n) is 2.44. The zero-order chi connectivity index (χ0) is 13.5. The van der Waals surface area contributed by atoms with Gasteiger partial charge in [-0.25, -0.2) is 0 Å². The molecule has 1 aliphatic rings. The van der Waals surface area contributed by atoms with Crippen LogP contribution in [0.15, 0.2) is 24.3 Å². The van der Waals surface area contributed by atoms with Gasteiger partial charge in [0.05, 0.1) is 13.2 Å². The lowest BCUT2D eigenvalue weighted by atomic mass is 10.1. The molecule has 0 radical (unpaired) electrons. The van der Waals surface area contributed by atoms with E-state index in [2.05, 4.69) is 41.8 Å². The van der Waals surface area contributed by atoms with Crippen LogP contribution < -0.4 is 10.6 Å². The van der Waals surface area contributed by atoms with Crippen molar-refractivity contribution in [2.75, 3.05) is 31.7 Å². The van der Waals surface area contributed by atoms with Gasteiger partial charge >= 0.3 is 0 Å². The number of ether oxygens (including phenoxy) is 1. The van der Waals surface area contributed by atoms with Crippen molar-refractivity contribution in [3.8, 4) is 0 Å². The maximum Gasteiger partial charge on any atom is 0.0621 e. The highest BCUT2D eigenvalue weighted by atomic mass is 16.5. The first-order valence-electron chi connectivity index (χ1n) is 7.05. The third kappa shape index (κ3) is 4.82. The molecule has 1 aromatic carbocycles. The van der Waals surface area contributed by atoms with E-state index < -0.39 is 0 Å². The van der Waals surface area contributed by atoms with Crippen molar-refractivity contribution in [2.24, 2.45) is 0 Å². The molecule has 0 saturated carbocycles. The predicted octanol–water partition coefficient (Wildman–Crippen LogP) is 1.40. The van der Waals surface area contributed by atoms with E-state index in [1.54, 1.807) is 0 Å². The first kappa shape index (κ1) is 14.3. The molecule has 19 heavy (non-hydrogen) atoms. The third-order valence-corrected chi connectivity index (χ3v) is 3.40. The van der Waals surface area contributed by atoms with Crippen molar-refractivity contribution in [3.05, 3.63) is 29.8 Å². The maximum atomic E-state index is 8.88. The molecule has 106 valence electrons. The molecule has 2 rings (SSSR count). The Labute approximate surface area is 115 Å². The van der Waals surface area contributed by atoms with E-state index in [-0.39, 0.29) is 6.61 Å². The Morgan fingerprint density at radius 1 is 1.42 bits per heavy atom.